The van der Waals surface area contributed by atoms with E-state index in [1.807, 2.05) is 26.2 Å². The molecule has 2 aromatic carbocycles. The summed E-state index contributed by atoms with van der Waals surface area (Å²) in [6.07, 6.45) is 1.42. The number of ether oxygens (including phenoxy) is 1. The van der Waals surface area contributed by atoms with Crippen LogP contribution in [0.5, 0.6) is 5.75 Å². The van der Waals surface area contributed by atoms with Crippen LogP contribution < -0.4 is 10.5 Å². The molecular formula is C26H37N3O4S. The Kier molecular flexibility index (Phi) is 8.06. The fraction of sp³-hybridized carbons (Fsp3) is 0.500. The third-order valence-electron chi connectivity index (χ3n) is 6.71. The topological polar surface area (TPSA) is 92.9 Å². The number of nitrogens with two attached hydrogens (primary N) is 1. The summed E-state index contributed by atoms with van der Waals surface area (Å²) in [5.41, 5.74) is 10.0. The van der Waals surface area contributed by atoms with E-state index in [4.69, 9.17) is 10.5 Å². The van der Waals surface area contributed by atoms with Gasteiger partial charge < -0.3 is 15.4 Å². The van der Waals surface area contributed by atoms with Crippen LogP contribution in [0.3, 0.4) is 0 Å². The van der Waals surface area contributed by atoms with Crippen molar-refractivity contribution in [1.82, 2.24) is 9.21 Å². The maximum atomic E-state index is 12.9. The number of carbonyl (C=O) groups excluding carboxylic acids is 1. The maximum absolute atomic E-state index is 12.9. The van der Waals surface area contributed by atoms with Crippen LogP contribution in [0.1, 0.15) is 43.7 Å². The standard InChI is InChI=1S/C26H37N3O4S/c1-19-17-21(20-11-13-29(14-12-20)34(31,32)26(2,3)25(27)30)9-10-24(19)22-7-6-8-23(18-22)33-16-15-28(4)5/h6-10,17-18,20H,11-16H2,1-5H3,(H2,27,30). The Morgan fingerprint density at radius 2 is 1.82 bits per heavy atom. The number of amides is 1. The van der Waals surface area contributed by atoms with E-state index in [0.29, 0.717) is 32.5 Å². The van der Waals surface area contributed by atoms with Gasteiger partial charge in [-0.1, -0.05) is 30.3 Å². The number of hydrogen-bond donors (Lipinski definition) is 1. The van der Waals surface area contributed by atoms with Gasteiger partial charge in [-0.2, -0.15) is 0 Å². The number of nitrogens with zero attached hydrogens (tertiary/aromatic N) is 2. The summed E-state index contributed by atoms with van der Waals surface area (Å²) < 4.78 is 31.5. The van der Waals surface area contributed by atoms with Crippen LogP contribution in [0.15, 0.2) is 42.5 Å². The highest BCUT2D eigenvalue weighted by Crippen LogP contribution is 2.35. The minimum atomic E-state index is -3.79. The van der Waals surface area contributed by atoms with Crippen molar-refractivity contribution in [2.24, 2.45) is 5.73 Å². The number of aryl methyl sites for hydroxylation is 1. The van der Waals surface area contributed by atoms with Crippen LogP contribution in [0.4, 0.5) is 0 Å². The number of rotatable bonds is 9. The molecule has 2 aromatic rings. The Balaban J connectivity index is 1.69. The summed E-state index contributed by atoms with van der Waals surface area (Å²) in [5, 5.41) is 0. The number of hydrogen-bond acceptors (Lipinski definition) is 5. The van der Waals surface area contributed by atoms with Crippen molar-refractivity contribution in [1.29, 1.82) is 0 Å². The molecule has 34 heavy (non-hydrogen) atoms. The molecule has 3 rings (SSSR count). The first-order chi connectivity index (χ1) is 15.9. The minimum absolute atomic E-state index is 0.275. The molecule has 186 valence electrons. The monoisotopic (exact) mass is 487 g/mol. The highest BCUT2D eigenvalue weighted by molar-refractivity contribution is 7.91. The molecule has 0 bridgehead atoms. The lowest BCUT2D eigenvalue weighted by molar-refractivity contribution is -0.119. The van der Waals surface area contributed by atoms with Crippen molar-refractivity contribution >= 4 is 15.9 Å². The van der Waals surface area contributed by atoms with Crippen LogP contribution in [-0.4, -0.2) is 68.6 Å². The smallest absolute Gasteiger partial charge is 0.239 e. The zero-order valence-corrected chi connectivity index (χ0v) is 21.7. The lowest BCUT2D eigenvalue weighted by Gasteiger charge is -2.35. The minimum Gasteiger partial charge on any atom is -0.492 e. The molecule has 7 nitrogen and oxygen atoms in total. The first-order valence-electron chi connectivity index (χ1n) is 11.7. The summed E-state index contributed by atoms with van der Waals surface area (Å²) in [6.45, 7) is 7.13. The highest BCUT2D eigenvalue weighted by atomic mass is 32.2. The molecule has 1 aliphatic heterocycles. The second-order valence-electron chi connectivity index (χ2n) is 9.81. The maximum Gasteiger partial charge on any atom is 0.239 e. The van der Waals surface area contributed by atoms with Gasteiger partial charge in [0, 0.05) is 19.6 Å². The van der Waals surface area contributed by atoms with Crippen molar-refractivity contribution in [2.75, 3.05) is 40.3 Å². The van der Waals surface area contributed by atoms with Crippen LogP contribution in [0.2, 0.25) is 0 Å². The summed E-state index contributed by atoms with van der Waals surface area (Å²) in [5.74, 6) is 0.305. The summed E-state index contributed by atoms with van der Waals surface area (Å²) in [4.78, 5) is 13.8. The van der Waals surface area contributed by atoms with Crippen molar-refractivity contribution < 1.29 is 17.9 Å². The van der Waals surface area contributed by atoms with E-state index >= 15 is 0 Å². The molecule has 0 aliphatic carbocycles. The molecule has 1 saturated heterocycles. The Morgan fingerprint density at radius 1 is 1.15 bits per heavy atom. The second-order valence-corrected chi connectivity index (χ2v) is 12.3. The van der Waals surface area contributed by atoms with Crippen LogP contribution in [0, 0.1) is 6.92 Å². The molecule has 0 atom stereocenters. The predicted octanol–water partition coefficient (Wildman–Crippen LogP) is 3.38. The molecular weight excluding hydrogens is 450 g/mol. The molecule has 0 aromatic heterocycles. The predicted molar refractivity (Wildman–Crippen MR) is 136 cm³/mol. The molecule has 1 fully saturated rings. The number of primary amides is 1. The third-order valence-corrected chi connectivity index (χ3v) is 9.24. The van der Waals surface area contributed by atoms with Crippen LogP contribution >= 0.6 is 0 Å². The van der Waals surface area contributed by atoms with Crippen molar-refractivity contribution in [3.05, 3.63) is 53.6 Å². The van der Waals surface area contributed by atoms with Gasteiger partial charge >= 0.3 is 0 Å². The summed E-state index contributed by atoms with van der Waals surface area (Å²) in [6, 6.07) is 14.6. The van der Waals surface area contributed by atoms with Crippen molar-refractivity contribution in [3.8, 4) is 16.9 Å². The highest BCUT2D eigenvalue weighted by Gasteiger charge is 2.45. The zero-order chi connectivity index (χ0) is 25.1. The van der Waals surface area contributed by atoms with Gasteiger partial charge in [0.25, 0.3) is 0 Å². The SMILES string of the molecule is Cc1cc(C2CCN(S(=O)(=O)C(C)(C)C(N)=O)CC2)ccc1-c1cccc(OCCN(C)C)c1. The number of piperidine rings is 1. The average Bonchev–Trinajstić information content (AvgIpc) is 2.79. The molecule has 1 aliphatic rings. The molecule has 2 N–H and O–H groups in total. The third kappa shape index (κ3) is 5.62. The average molecular weight is 488 g/mol. The van der Waals surface area contributed by atoms with E-state index in [2.05, 4.69) is 42.2 Å². The van der Waals surface area contributed by atoms with Gasteiger partial charge in [-0.3, -0.25) is 4.79 Å². The van der Waals surface area contributed by atoms with E-state index in [1.54, 1.807) is 0 Å². The molecule has 8 heteroatoms. The van der Waals surface area contributed by atoms with Gasteiger partial charge in [0.1, 0.15) is 12.4 Å². The van der Waals surface area contributed by atoms with Gasteiger partial charge in [-0.05, 0) is 88.0 Å². The van der Waals surface area contributed by atoms with E-state index in [-0.39, 0.29) is 5.92 Å². The quantitative estimate of drug-likeness (QED) is 0.585. The number of carbonyl (C=O) groups is 1. The summed E-state index contributed by atoms with van der Waals surface area (Å²) in [7, 11) is 0.257. The van der Waals surface area contributed by atoms with E-state index in [1.165, 1.54) is 29.3 Å². The number of benzene rings is 2. The fourth-order valence-corrected chi connectivity index (χ4v) is 5.83. The Hall–Kier alpha value is -2.42. The van der Waals surface area contributed by atoms with Gasteiger partial charge in [0.2, 0.25) is 15.9 Å². The van der Waals surface area contributed by atoms with E-state index < -0.39 is 20.7 Å². The molecule has 0 spiro atoms. The Bertz CT molecular complexity index is 1120. The lowest BCUT2D eigenvalue weighted by atomic mass is 9.87. The van der Waals surface area contributed by atoms with Crippen molar-refractivity contribution in [2.45, 2.75) is 44.3 Å². The summed E-state index contributed by atoms with van der Waals surface area (Å²) >= 11 is 0. The van der Waals surface area contributed by atoms with E-state index in [9.17, 15) is 13.2 Å². The first kappa shape index (κ1) is 26.2. The normalized spacial score (nSPS) is 16.1. The van der Waals surface area contributed by atoms with E-state index in [0.717, 1.165) is 23.4 Å². The molecule has 0 saturated carbocycles. The second kappa shape index (κ2) is 10.5. The Labute approximate surface area is 203 Å². The largest absolute Gasteiger partial charge is 0.492 e. The van der Waals surface area contributed by atoms with Gasteiger partial charge in [0.05, 0.1) is 0 Å². The number of sulfonamides is 1. The fourth-order valence-electron chi connectivity index (χ4n) is 4.24. The Morgan fingerprint density at radius 3 is 2.41 bits per heavy atom. The zero-order valence-electron chi connectivity index (χ0n) is 20.9. The van der Waals surface area contributed by atoms with Gasteiger partial charge in [-0.25, -0.2) is 12.7 Å². The lowest BCUT2D eigenvalue weighted by Crippen LogP contribution is -2.53. The van der Waals surface area contributed by atoms with Gasteiger partial charge in [0.15, 0.2) is 4.75 Å². The molecule has 1 amide bonds. The van der Waals surface area contributed by atoms with Gasteiger partial charge in [-0.15, -0.1) is 0 Å². The molecule has 0 radical (unpaired) electrons. The van der Waals surface area contributed by atoms with Crippen molar-refractivity contribution in [3.63, 3.8) is 0 Å². The number of likely N-dealkylation sites (N-methyl/N-ethyl adjacent to an activating group) is 1. The molecule has 0 unspecified atom stereocenters. The van der Waals surface area contributed by atoms with Crippen LogP contribution in [-0.2, 0) is 14.8 Å². The van der Waals surface area contributed by atoms with Crippen LogP contribution in [0.25, 0.3) is 11.1 Å². The first-order valence-corrected chi connectivity index (χ1v) is 13.2. The molecule has 1 heterocycles.